The quantitative estimate of drug-likeness (QED) is 0.596. The molecule has 2 aromatic heterocycles. The molecule has 5 nitrogen and oxygen atoms in total. The maximum absolute atomic E-state index is 8.56. The van der Waals surface area contributed by atoms with Crippen LogP contribution in [0.2, 0.25) is 0 Å². The molecule has 0 bridgehead atoms. The van der Waals surface area contributed by atoms with Crippen molar-refractivity contribution >= 4 is 0 Å². The van der Waals surface area contributed by atoms with Crippen LogP contribution in [0, 0.1) is 18.3 Å². The SMILES string of the molecule is Cc1oc(-c2ccccc2)nc1COc1ccc(CCCC#N)cn1. The summed E-state index contributed by atoms with van der Waals surface area (Å²) >= 11 is 0. The normalized spacial score (nSPS) is 10.4. The highest BCUT2D eigenvalue weighted by molar-refractivity contribution is 5.53. The van der Waals surface area contributed by atoms with Crippen LogP contribution < -0.4 is 4.74 Å². The van der Waals surface area contributed by atoms with Gasteiger partial charge in [-0.1, -0.05) is 24.3 Å². The zero-order chi connectivity index (χ0) is 17.5. The minimum atomic E-state index is 0.308. The first-order valence-corrected chi connectivity index (χ1v) is 8.22. The molecule has 0 aliphatic heterocycles. The van der Waals surface area contributed by atoms with Crippen LogP contribution in [0.15, 0.2) is 53.1 Å². The highest BCUT2D eigenvalue weighted by Crippen LogP contribution is 2.22. The second-order valence-electron chi connectivity index (χ2n) is 5.69. The highest BCUT2D eigenvalue weighted by atomic mass is 16.5. The van der Waals surface area contributed by atoms with E-state index in [0.29, 0.717) is 24.8 Å². The van der Waals surface area contributed by atoms with Crippen LogP contribution in [0.1, 0.15) is 29.9 Å². The lowest BCUT2D eigenvalue weighted by atomic mass is 10.1. The molecule has 3 rings (SSSR count). The summed E-state index contributed by atoms with van der Waals surface area (Å²) in [5.74, 6) is 1.89. The number of rotatable bonds is 7. The Hall–Kier alpha value is -3.13. The molecule has 126 valence electrons. The molecule has 5 heteroatoms. The average molecular weight is 333 g/mol. The van der Waals surface area contributed by atoms with Gasteiger partial charge in [0.25, 0.3) is 0 Å². The largest absolute Gasteiger partial charge is 0.471 e. The molecule has 0 spiro atoms. The number of nitrogens with zero attached hydrogens (tertiary/aromatic N) is 3. The topological polar surface area (TPSA) is 71.9 Å². The summed E-state index contributed by atoms with van der Waals surface area (Å²) in [6, 6.07) is 15.7. The van der Waals surface area contributed by atoms with Gasteiger partial charge < -0.3 is 9.15 Å². The van der Waals surface area contributed by atoms with Crippen LogP contribution in [0.4, 0.5) is 0 Å². The lowest BCUT2D eigenvalue weighted by molar-refractivity contribution is 0.287. The molecule has 0 saturated heterocycles. The predicted octanol–water partition coefficient (Wildman–Crippen LogP) is 4.47. The highest BCUT2D eigenvalue weighted by Gasteiger charge is 2.12. The van der Waals surface area contributed by atoms with Crippen molar-refractivity contribution in [3.05, 3.63) is 65.7 Å². The molecule has 0 atom stereocenters. The van der Waals surface area contributed by atoms with Crippen molar-refractivity contribution in [2.24, 2.45) is 0 Å². The van der Waals surface area contributed by atoms with Gasteiger partial charge in [0.2, 0.25) is 11.8 Å². The Labute approximate surface area is 146 Å². The van der Waals surface area contributed by atoms with Crippen LogP contribution >= 0.6 is 0 Å². The van der Waals surface area contributed by atoms with E-state index in [1.807, 2.05) is 49.4 Å². The van der Waals surface area contributed by atoms with E-state index in [0.717, 1.165) is 35.4 Å². The summed E-state index contributed by atoms with van der Waals surface area (Å²) in [6.07, 6.45) is 4.05. The summed E-state index contributed by atoms with van der Waals surface area (Å²) in [5.41, 5.74) is 2.81. The van der Waals surface area contributed by atoms with E-state index in [2.05, 4.69) is 16.0 Å². The van der Waals surface area contributed by atoms with Crippen molar-refractivity contribution < 1.29 is 9.15 Å². The van der Waals surface area contributed by atoms with Gasteiger partial charge in [-0.3, -0.25) is 0 Å². The molecule has 0 unspecified atom stereocenters. The minimum absolute atomic E-state index is 0.308. The van der Waals surface area contributed by atoms with Gasteiger partial charge >= 0.3 is 0 Å². The van der Waals surface area contributed by atoms with Crippen LogP contribution in [-0.2, 0) is 13.0 Å². The monoisotopic (exact) mass is 333 g/mol. The summed E-state index contributed by atoms with van der Waals surface area (Å²) < 4.78 is 11.4. The Balaban J connectivity index is 1.60. The van der Waals surface area contributed by atoms with Crippen LogP contribution in [0.25, 0.3) is 11.5 Å². The molecule has 1 aromatic carbocycles. The van der Waals surface area contributed by atoms with Gasteiger partial charge in [0.1, 0.15) is 18.1 Å². The Bertz CT molecular complexity index is 849. The maximum atomic E-state index is 8.56. The van der Waals surface area contributed by atoms with E-state index in [9.17, 15) is 0 Å². The Kier molecular flexibility index (Phi) is 5.43. The van der Waals surface area contributed by atoms with E-state index >= 15 is 0 Å². The number of unbranched alkanes of at least 4 members (excludes halogenated alkanes) is 1. The van der Waals surface area contributed by atoms with Gasteiger partial charge in [-0.25, -0.2) is 9.97 Å². The zero-order valence-corrected chi connectivity index (χ0v) is 14.1. The van der Waals surface area contributed by atoms with Crippen molar-refractivity contribution in [3.63, 3.8) is 0 Å². The number of oxazole rings is 1. The second-order valence-corrected chi connectivity index (χ2v) is 5.69. The molecular weight excluding hydrogens is 314 g/mol. The van der Waals surface area contributed by atoms with Crippen molar-refractivity contribution in [1.29, 1.82) is 5.26 Å². The van der Waals surface area contributed by atoms with Crippen LogP contribution in [0.3, 0.4) is 0 Å². The number of ether oxygens (including phenoxy) is 1. The zero-order valence-electron chi connectivity index (χ0n) is 14.1. The Morgan fingerprint density at radius 1 is 1.16 bits per heavy atom. The first-order chi connectivity index (χ1) is 12.3. The van der Waals surface area contributed by atoms with E-state index in [4.69, 9.17) is 14.4 Å². The Morgan fingerprint density at radius 3 is 2.72 bits per heavy atom. The molecule has 0 radical (unpaired) electrons. The number of hydrogen-bond donors (Lipinski definition) is 0. The van der Waals surface area contributed by atoms with E-state index < -0.39 is 0 Å². The van der Waals surface area contributed by atoms with Crippen molar-refractivity contribution in [2.45, 2.75) is 32.8 Å². The van der Waals surface area contributed by atoms with Gasteiger partial charge in [0.05, 0.1) is 6.07 Å². The van der Waals surface area contributed by atoms with Gasteiger partial charge in [0, 0.05) is 24.2 Å². The third-order valence-corrected chi connectivity index (χ3v) is 3.82. The smallest absolute Gasteiger partial charge is 0.226 e. The predicted molar refractivity (Wildman–Crippen MR) is 93.8 cm³/mol. The van der Waals surface area contributed by atoms with Crippen LogP contribution in [0.5, 0.6) is 5.88 Å². The Morgan fingerprint density at radius 2 is 2.00 bits per heavy atom. The summed E-state index contributed by atoms with van der Waals surface area (Å²) in [4.78, 5) is 8.82. The first kappa shape index (κ1) is 16.7. The molecule has 0 N–H and O–H groups in total. The van der Waals surface area contributed by atoms with Crippen molar-refractivity contribution in [2.75, 3.05) is 0 Å². The number of aryl methyl sites for hydroxylation is 2. The van der Waals surface area contributed by atoms with Crippen LogP contribution in [-0.4, -0.2) is 9.97 Å². The van der Waals surface area contributed by atoms with Gasteiger partial charge in [0.15, 0.2) is 0 Å². The average Bonchev–Trinajstić information content (AvgIpc) is 3.03. The number of aromatic nitrogens is 2. The van der Waals surface area contributed by atoms with E-state index in [1.165, 1.54) is 0 Å². The lowest BCUT2D eigenvalue weighted by Crippen LogP contribution is -1.99. The van der Waals surface area contributed by atoms with Gasteiger partial charge in [-0.15, -0.1) is 0 Å². The number of hydrogen-bond acceptors (Lipinski definition) is 5. The number of pyridine rings is 1. The second kappa shape index (κ2) is 8.11. The maximum Gasteiger partial charge on any atom is 0.226 e. The van der Waals surface area contributed by atoms with Gasteiger partial charge in [-0.05, 0) is 37.5 Å². The molecule has 0 aliphatic rings. The standard InChI is InChI=1S/C20H19N3O2/c1-15-18(23-20(25-15)17-8-3-2-4-9-17)14-24-19-11-10-16(13-22-19)7-5-6-12-21/h2-4,8-11,13H,5-7,14H2,1H3. The van der Waals surface area contributed by atoms with Crippen molar-refractivity contribution in [1.82, 2.24) is 9.97 Å². The number of benzene rings is 1. The molecule has 0 aliphatic carbocycles. The molecule has 0 saturated carbocycles. The fourth-order valence-electron chi connectivity index (χ4n) is 2.42. The molecule has 2 heterocycles. The number of nitriles is 1. The fraction of sp³-hybridized carbons (Fsp3) is 0.250. The molecule has 0 amide bonds. The third-order valence-electron chi connectivity index (χ3n) is 3.82. The van der Waals surface area contributed by atoms with E-state index in [1.54, 1.807) is 6.20 Å². The third kappa shape index (κ3) is 4.45. The molecular formula is C20H19N3O2. The molecule has 25 heavy (non-hydrogen) atoms. The summed E-state index contributed by atoms with van der Waals surface area (Å²) in [7, 11) is 0. The fourth-order valence-corrected chi connectivity index (χ4v) is 2.42. The van der Waals surface area contributed by atoms with E-state index in [-0.39, 0.29) is 0 Å². The van der Waals surface area contributed by atoms with Gasteiger partial charge in [-0.2, -0.15) is 5.26 Å². The molecule has 0 fully saturated rings. The summed E-state index contributed by atoms with van der Waals surface area (Å²) in [5, 5.41) is 8.56. The van der Waals surface area contributed by atoms with Crippen molar-refractivity contribution in [3.8, 4) is 23.4 Å². The minimum Gasteiger partial charge on any atom is -0.471 e. The lowest BCUT2D eigenvalue weighted by Gasteiger charge is -2.04. The first-order valence-electron chi connectivity index (χ1n) is 8.22. The summed E-state index contributed by atoms with van der Waals surface area (Å²) in [6.45, 7) is 2.19. The molecule has 3 aromatic rings.